The Bertz CT molecular complexity index is 904. The second-order valence-electron chi connectivity index (χ2n) is 4.20. The first kappa shape index (κ1) is 17.0. The Morgan fingerprint density at radius 2 is 1.91 bits per heavy atom. The molecule has 0 radical (unpaired) electrons. The van der Waals surface area contributed by atoms with Crippen molar-refractivity contribution in [2.24, 2.45) is 0 Å². The summed E-state index contributed by atoms with van der Waals surface area (Å²) in [7, 11) is -4.20. The van der Waals surface area contributed by atoms with Gasteiger partial charge in [-0.2, -0.15) is 0 Å². The molecule has 2 aromatic rings. The van der Waals surface area contributed by atoms with Gasteiger partial charge in [0.25, 0.3) is 10.0 Å². The maximum Gasteiger partial charge on any atom is 0.586 e. The molecule has 1 N–H and O–H groups in total. The van der Waals surface area contributed by atoms with Crippen molar-refractivity contribution in [1.82, 2.24) is 0 Å². The number of ether oxygens (including phenoxy) is 2. The van der Waals surface area contributed by atoms with Gasteiger partial charge in [0, 0.05) is 0 Å². The van der Waals surface area contributed by atoms with Gasteiger partial charge in [0.1, 0.15) is 13.6 Å². The molecule has 12 heteroatoms. The second-order valence-corrected chi connectivity index (χ2v) is 8.84. The number of para-hydroxylation sites is 1. The number of hydrogen-bond acceptors (Lipinski definition) is 5. The molecule has 0 fully saturated rings. The molecule has 5 nitrogen and oxygen atoms in total. The molecule has 0 unspecified atom stereocenters. The Labute approximate surface area is 151 Å². The molecule has 1 aliphatic rings. The van der Waals surface area contributed by atoms with Gasteiger partial charge in [-0.15, -0.1) is 20.1 Å². The van der Waals surface area contributed by atoms with Crippen LogP contribution < -0.4 is 14.2 Å². The minimum atomic E-state index is -4.20. The number of sulfonamides is 1. The molecule has 3 rings (SSSR count). The van der Waals surface area contributed by atoms with Gasteiger partial charge in [-0.05, 0) is 28.1 Å². The minimum absolute atomic E-state index is 0.0792. The predicted molar refractivity (Wildman–Crippen MR) is 85.5 cm³/mol. The lowest BCUT2D eigenvalue weighted by Gasteiger charge is -2.10. The summed E-state index contributed by atoms with van der Waals surface area (Å²) in [5.74, 6) is -0.710. The zero-order chi connectivity index (χ0) is 17.0. The summed E-state index contributed by atoms with van der Waals surface area (Å²) in [4.78, 5) is -0.294. The van der Waals surface area contributed by atoms with E-state index in [1.54, 1.807) is 0 Å². The minimum Gasteiger partial charge on any atom is -0.395 e. The van der Waals surface area contributed by atoms with Gasteiger partial charge in [0.2, 0.25) is 0 Å². The van der Waals surface area contributed by atoms with E-state index in [4.69, 9.17) is 23.2 Å². The van der Waals surface area contributed by atoms with Crippen LogP contribution in [0.5, 0.6) is 11.5 Å². The number of fused-ring (bicyclic) bond motifs is 1. The van der Waals surface area contributed by atoms with Crippen LogP contribution >= 0.6 is 50.5 Å². The largest absolute Gasteiger partial charge is 0.586 e. The highest BCUT2D eigenvalue weighted by Crippen LogP contribution is 2.48. The molecule has 0 amide bonds. The van der Waals surface area contributed by atoms with E-state index in [-0.39, 0.29) is 29.5 Å². The van der Waals surface area contributed by atoms with Crippen molar-refractivity contribution >= 4 is 66.2 Å². The summed E-state index contributed by atoms with van der Waals surface area (Å²) in [6, 6.07) is 3.80. The Morgan fingerprint density at radius 1 is 1.22 bits per heavy atom. The van der Waals surface area contributed by atoms with E-state index in [0.717, 1.165) is 11.3 Å². The van der Waals surface area contributed by atoms with Crippen LogP contribution in [-0.4, -0.2) is 14.7 Å². The first-order valence-corrected chi connectivity index (χ1v) is 9.50. The summed E-state index contributed by atoms with van der Waals surface area (Å²) < 4.78 is 62.0. The van der Waals surface area contributed by atoms with Crippen molar-refractivity contribution in [3.8, 4) is 11.5 Å². The number of halogens is 5. The molecule has 0 saturated heterocycles. The Kier molecular flexibility index (Phi) is 4.16. The van der Waals surface area contributed by atoms with Crippen molar-refractivity contribution in [2.75, 3.05) is 4.72 Å². The SMILES string of the molecule is O=S(=O)(Nc1cccc2c1OC(F)(F)O2)c1c(Cl)sc(Cl)c1Br. The highest BCUT2D eigenvalue weighted by atomic mass is 79.9. The van der Waals surface area contributed by atoms with Crippen LogP contribution in [0, 0.1) is 0 Å². The molecule has 1 aromatic carbocycles. The summed E-state index contributed by atoms with van der Waals surface area (Å²) in [5.41, 5.74) is -0.218. The molecule has 1 aromatic heterocycles. The molecule has 0 atom stereocenters. The molecular formula is C11H4BrCl2F2NO4S2. The van der Waals surface area contributed by atoms with Gasteiger partial charge in [-0.25, -0.2) is 8.42 Å². The first-order chi connectivity index (χ1) is 10.6. The van der Waals surface area contributed by atoms with Crippen LogP contribution in [0.15, 0.2) is 27.6 Å². The van der Waals surface area contributed by atoms with Crippen LogP contribution in [0.25, 0.3) is 0 Å². The zero-order valence-corrected chi connectivity index (χ0v) is 15.3. The maximum atomic E-state index is 13.1. The summed E-state index contributed by atoms with van der Waals surface area (Å²) in [6.45, 7) is 0. The third-order valence-electron chi connectivity index (χ3n) is 2.67. The summed E-state index contributed by atoms with van der Waals surface area (Å²) in [5, 5.41) is 0. The number of rotatable bonds is 3. The predicted octanol–water partition coefficient (Wildman–Crippen LogP) is 4.94. The average molecular weight is 467 g/mol. The quantitative estimate of drug-likeness (QED) is 0.695. The number of anilines is 1. The van der Waals surface area contributed by atoms with E-state index in [0.29, 0.717) is 0 Å². The topological polar surface area (TPSA) is 64.6 Å². The third kappa shape index (κ3) is 3.10. The Balaban J connectivity index is 2.02. The van der Waals surface area contributed by atoms with Crippen molar-refractivity contribution in [2.45, 2.75) is 11.2 Å². The van der Waals surface area contributed by atoms with Crippen LogP contribution in [-0.2, 0) is 10.0 Å². The van der Waals surface area contributed by atoms with Gasteiger partial charge < -0.3 is 9.47 Å². The van der Waals surface area contributed by atoms with Crippen LogP contribution in [0.3, 0.4) is 0 Å². The third-order valence-corrected chi connectivity index (χ3v) is 7.50. The van der Waals surface area contributed by atoms with E-state index in [1.165, 1.54) is 18.2 Å². The van der Waals surface area contributed by atoms with Gasteiger partial charge in [-0.3, -0.25) is 4.72 Å². The van der Waals surface area contributed by atoms with E-state index >= 15 is 0 Å². The first-order valence-electron chi connectivity index (χ1n) is 5.66. The fourth-order valence-electron chi connectivity index (χ4n) is 1.81. The molecule has 124 valence electrons. The molecule has 0 saturated carbocycles. The van der Waals surface area contributed by atoms with Gasteiger partial charge in [0.15, 0.2) is 11.5 Å². The van der Waals surface area contributed by atoms with Gasteiger partial charge >= 0.3 is 6.29 Å². The lowest BCUT2D eigenvalue weighted by Crippen LogP contribution is -2.26. The van der Waals surface area contributed by atoms with E-state index in [1.807, 2.05) is 0 Å². The number of benzene rings is 1. The van der Waals surface area contributed by atoms with Gasteiger partial charge in [0.05, 0.1) is 10.2 Å². The summed E-state index contributed by atoms with van der Waals surface area (Å²) >= 11 is 15.6. The molecule has 0 spiro atoms. The van der Waals surface area contributed by atoms with Gasteiger partial charge in [-0.1, -0.05) is 29.3 Å². The number of hydrogen-bond donors (Lipinski definition) is 1. The standard InChI is InChI=1S/C11H4BrCl2F2NO4S2/c12-6-8(10(14)22-9(6)13)23(18,19)17-4-2-1-3-5-7(4)21-11(15,16)20-5/h1-3,17H. The highest BCUT2D eigenvalue weighted by Gasteiger charge is 2.45. The van der Waals surface area contributed by atoms with Crippen LogP contribution in [0.2, 0.25) is 8.67 Å². The van der Waals surface area contributed by atoms with Crippen molar-refractivity contribution < 1.29 is 26.7 Å². The Hall–Kier alpha value is -0.810. The fourth-order valence-corrected chi connectivity index (χ4v) is 6.44. The van der Waals surface area contributed by atoms with Crippen LogP contribution in [0.4, 0.5) is 14.5 Å². The van der Waals surface area contributed by atoms with E-state index < -0.39 is 22.1 Å². The molecule has 0 bridgehead atoms. The molecular weight excluding hydrogens is 463 g/mol. The molecule has 1 aliphatic heterocycles. The normalized spacial score (nSPS) is 15.7. The molecule has 23 heavy (non-hydrogen) atoms. The number of thiophene rings is 1. The summed E-state index contributed by atoms with van der Waals surface area (Å²) in [6.07, 6.45) is -3.87. The second kappa shape index (κ2) is 5.62. The lowest BCUT2D eigenvalue weighted by molar-refractivity contribution is -0.286. The maximum absolute atomic E-state index is 13.1. The van der Waals surface area contributed by atoms with Crippen molar-refractivity contribution in [3.63, 3.8) is 0 Å². The van der Waals surface area contributed by atoms with Crippen molar-refractivity contribution in [1.29, 1.82) is 0 Å². The Morgan fingerprint density at radius 3 is 2.52 bits per heavy atom. The van der Waals surface area contributed by atoms with E-state index in [9.17, 15) is 17.2 Å². The smallest absolute Gasteiger partial charge is 0.395 e. The van der Waals surface area contributed by atoms with E-state index in [2.05, 4.69) is 30.1 Å². The monoisotopic (exact) mass is 465 g/mol. The highest BCUT2D eigenvalue weighted by molar-refractivity contribution is 9.10. The average Bonchev–Trinajstić information content (AvgIpc) is 2.85. The number of nitrogens with one attached hydrogen (secondary N) is 1. The lowest BCUT2D eigenvalue weighted by atomic mass is 10.3. The number of alkyl halides is 2. The molecule has 2 heterocycles. The fraction of sp³-hybridized carbons (Fsp3) is 0.0909. The van der Waals surface area contributed by atoms with Crippen LogP contribution in [0.1, 0.15) is 0 Å². The molecule has 0 aliphatic carbocycles. The zero-order valence-electron chi connectivity index (χ0n) is 10.6. The van der Waals surface area contributed by atoms with Crippen molar-refractivity contribution in [3.05, 3.63) is 31.3 Å².